The largest absolute Gasteiger partial charge is 0.462 e. The Kier molecular flexibility index (Phi) is 13.8. The van der Waals surface area contributed by atoms with Gasteiger partial charge in [0.15, 0.2) is 0 Å². The summed E-state index contributed by atoms with van der Waals surface area (Å²) in [4.78, 5) is 95.3. The number of thioether (sulfide) groups is 2. The number of nitrogens with one attached hydrogen (secondary N) is 4. The minimum Gasteiger partial charge on any atom is -0.462 e. The summed E-state index contributed by atoms with van der Waals surface area (Å²) < 4.78 is 19.8. The minimum absolute atomic E-state index is 0.0510. The highest BCUT2D eigenvalue weighted by Crippen LogP contribution is 2.38. The van der Waals surface area contributed by atoms with E-state index in [0.29, 0.717) is 97.5 Å². The van der Waals surface area contributed by atoms with E-state index in [-0.39, 0.29) is 53.8 Å². The fraction of sp³-hybridized carbons (Fsp3) is 0.340. The molecule has 0 radical (unpaired) electrons. The highest BCUT2D eigenvalue weighted by Gasteiger charge is 2.36. The van der Waals surface area contributed by atoms with Crippen LogP contribution in [0.2, 0.25) is 0 Å². The molecule has 0 aliphatic carbocycles. The molecule has 0 bridgehead atoms. The molecular weight excluding hydrogens is 1000 g/mol. The van der Waals surface area contributed by atoms with Crippen LogP contribution in [-0.4, -0.2) is 101 Å². The minimum atomic E-state index is -0.453. The van der Waals surface area contributed by atoms with Gasteiger partial charge in [-0.2, -0.15) is 5.26 Å². The summed E-state index contributed by atoms with van der Waals surface area (Å²) in [6, 6.07) is 25.2. The molecule has 1 unspecified atom stereocenters. The SMILES string of the molecule is CCOC(=O)c1ccc2c3c1ccc(=O)n3CC2NCCC[C@H]1CN(c2ccc3c(c2)NC(=O)CS3)C(=O)O1.N#Cc1ccc2ccc(=O)n3c2c1[C@@H](NCCC[C@@H]1CN(c2ccc4c(n2)NC(=O)CS4)C(=O)O1)C3. The van der Waals surface area contributed by atoms with Crippen molar-refractivity contribution in [3.8, 4) is 6.07 Å². The van der Waals surface area contributed by atoms with Crippen molar-refractivity contribution >= 4 is 98.3 Å². The van der Waals surface area contributed by atoms with Crippen molar-refractivity contribution in [1.29, 1.82) is 5.26 Å². The lowest BCUT2D eigenvalue weighted by Crippen LogP contribution is -2.28. The lowest BCUT2D eigenvalue weighted by Gasteiger charge is -2.20. The van der Waals surface area contributed by atoms with E-state index in [9.17, 15) is 38.8 Å². The molecule has 384 valence electrons. The predicted molar refractivity (Wildman–Crippen MR) is 282 cm³/mol. The number of nitriles is 1. The maximum atomic E-state index is 12.6. The third kappa shape index (κ3) is 9.79. The van der Waals surface area contributed by atoms with E-state index in [4.69, 9.17) is 14.2 Å². The Balaban J connectivity index is 0.000000161. The fourth-order valence-electron chi connectivity index (χ4n) is 10.5. The topological polar surface area (TPSA) is 248 Å². The zero-order chi connectivity index (χ0) is 51.9. The average Bonchev–Trinajstić information content (AvgIpc) is 4.20. The summed E-state index contributed by atoms with van der Waals surface area (Å²) in [5, 5.41) is 23.9. The Morgan fingerprint density at radius 2 is 1.40 bits per heavy atom. The smallest absolute Gasteiger partial charge is 0.415 e. The van der Waals surface area contributed by atoms with Crippen molar-refractivity contribution in [2.45, 2.75) is 79.8 Å². The lowest BCUT2D eigenvalue weighted by atomic mass is 10.00. The molecule has 2 fully saturated rings. The first kappa shape index (κ1) is 49.5. The highest BCUT2D eigenvalue weighted by molar-refractivity contribution is 8.00. The normalized spacial score (nSPS) is 19.9. The Morgan fingerprint density at radius 1 is 0.747 bits per heavy atom. The van der Waals surface area contributed by atoms with Crippen molar-refractivity contribution in [1.82, 2.24) is 24.8 Å². The van der Waals surface area contributed by atoms with E-state index in [0.717, 1.165) is 55.9 Å². The Labute approximate surface area is 437 Å². The van der Waals surface area contributed by atoms with Crippen LogP contribution in [0.1, 0.15) is 71.7 Å². The second kappa shape index (κ2) is 20.9. The third-order valence-electron chi connectivity index (χ3n) is 14.0. The molecule has 0 saturated carbocycles. The maximum Gasteiger partial charge on any atom is 0.415 e. The fourth-order valence-corrected chi connectivity index (χ4v) is 12.1. The number of carbonyl (C=O) groups excluding carboxylic acids is 5. The van der Waals surface area contributed by atoms with Gasteiger partial charge in [-0.05, 0) is 111 Å². The molecule has 0 spiro atoms. The molecular formula is C53H50N10O10S2. The Bertz CT molecular complexity index is 3520. The van der Waals surface area contributed by atoms with Gasteiger partial charge in [0.25, 0.3) is 11.1 Å². The van der Waals surface area contributed by atoms with Crippen molar-refractivity contribution in [2.75, 3.05) is 64.7 Å². The molecule has 4 atom stereocenters. The van der Waals surface area contributed by atoms with E-state index in [1.807, 2.05) is 36.4 Å². The molecule has 12 rings (SSSR count). The summed E-state index contributed by atoms with van der Waals surface area (Å²) >= 11 is 2.90. The molecule has 3 aromatic carbocycles. The molecule has 4 N–H and O–H groups in total. The summed E-state index contributed by atoms with van der Waals surface area (Å²) in [7, 11) is 0. The number of hydrogen-bond acceptors (Lipinski definition) is 16. The standard InChI is InChI=1S/C28H28N4O6S.C25H22N6O4S/c1-2-37-27(35)19-6-7-20-22(14-32-25(34)10-8-18(19)26(20)32)29-11-3-4-17-13-31(28(36)38-17)16-5-9-23-21(12-16)30-24(33)15-39-23;26-10-15-4-3-14-5-8-21(33)31-12-17(22(15)23(14)31)27-9-1-2-16-11-30(25(34)35-16)19-7-6-18-24(28-19)29-20(32)13-36-18/h5-10,12,17,22,29H,2-4,11,13-15H2,1H3,(H,30,33);3-8,16-17,27H,1-2,9,11-13H2,(H,28,29,32)/t17-,22?;16-,17+/m01/s1. The number of carbonyl (C=O) groups is 5. The number of esters is 1. The van der Waals surface area contributed by atoms with Crippen LogP contribution < -0.4 is 42.2 Å². The zero-order valence-corrected chi connectivity index (χ0v) is 42.2. The van der Waals surface area contributed by atoms with Crippen LogP contribution in [0.15, 0.2) is 98.2 Å². The first-order chi connectivity index (χ1) is 36.4. The number of fused-ring (bicyclic) bond motifs is 2. The number of anilines is 4. The third-order valence-corrected chi connectivity index (χ3v) is 16.1. The number of nitrogens with zero attached hydrogens (tertiary/aromatic N) is 6. The quantitative estimate of drug-likeness (QED) is 0.0521. The van der Waals surface area contributed by atoms with Crippen LogP contribution in [0, 0.1) is 11.3 Å². The number of hydrogen-bond donors (Lipinski definition) is 4. The summed E-state index contributed by atoms with van der Waals surface area (Å²) in [6.07, 6.45) is 1.50. The second-order valence-corrected chi connectivity index (χ2v) is 20.8. The van der Waals surface area contributed by atoms with Crippen molar-refractivity contribution < 1.29 is 38.2 Å². The Hall–Kier alpha value is -7.71. The van der Waals surface area contributed by atoms with Crippen molar-refractivity contribution in [2.24, 2.45) is 0 Å². The van der Waals surface area contributed by atoms with Gasteiger partial charge in [-0.3, -0.25) is 29.0 Å². The second-order valence-electron chi connectivity index (χ2n) is 18.7. The van der Waals surface area contributed by atoms with Crippen LogP contribution in [-0.2, 0) is 36.9 Å². The number of rotatable bonds is 14. The first-order valence-corrected chi connectivity index (χ1v) is 26.7. The van der Waals surface area contributed by atoms with Crippen LogP contribution in [0.4, 0.5) is 32.6 Å². The van der Waals surface area contributed by atoms with Gasteiger partial charge in [0.2, 0.25) is 11.8 Å². The average molecular weight is 1050 g/mol. The number of amides is 4. The maximum absolute atomic E-state index is 12.6. The predicted octanol–water partition coefficient (Wildman–Crippen LogP) is 6.43. The summed E-state index contributed by atoms with van der Waals surface area (Å²) in [5.74, 6) is 1.11. The number of cyclic esters (lactones) is 2. The number of benzene rings is 3. The van der Waals surface area contributed by atoms with E-state index in [1.54, 1.807) is 57.4 Å². The number of ether oxygens (including phenoxy) is 3. The molecule has 2 saturated heterocycles. The van der Waals surface area contributed by atoms with Gasteiger partial charge in [-0.15, -0.1) is 23.5 Å². The van der Waals surface area contributed by atoms with E-state index >= 15 is 0 Å². The number of pyridine rings is 3. The molecule has 9 heterocycles. The van der Waals surface area contributed by atoms with Gasteiger partial charge < -0.3 is 44.6 Å². The van der Waals surface area contributed by atoms with Gasteiger partial charge in [0, 0.05) is 46.8 Å². The van der Waals surface area contributed by atoms with Gasteiger partial charge in [0.05, 0.1) is 82.1 Å². The lowest BCUT2D eigenvalue weighted by molar-refractivity contribution is -0.114. The Morgan fingerprint density at radius 3 is 2.16 bits per heavy atom. The molecule has 20 nitrogen and oxygen atoms in total. The highest BCUT2D eigenvalue weighted by atomic mass is 32.2. The van der Waals surface area contributed by atoms with E-state index < -0.39 is 18.2 Å². The van der Waals surface area contributed by atoms with Crippen LogP contribution in [0.5, 0.6) is 0 Å². The van der Waals surface area contributed by atoms with Crippen molar-refractivity contribution in [3.05, 3.63) is 122 Å². The monoisotopic (exact) mass is 1050 g/mol. The van der Waals surface area contributed by atoms with E-state index in [1.165, 1.54) is 34.5 Å². The van der Waals surface area contributed by atoms with E-state index in [2.05, 4.69) is 32.3 Å². The van der Waals surface area contributed by atoms with Gasteiger partial charge >= 0.3 is 18.2 Å². The van der Waals surface area contributed by atoms with Crippen LogP contribution >= 0.6 is 23.5 Å². The zero-order valence-electron chi connectivity index (χ0n) is 40.6. The number of aromatic nitrogens is 3. The molecule has 6 aliphatic rings. The van der Waals surface area contributed by atoms with Crippen molar-refractivity contribution in [3.63, 3.8) is 0 Å². The van der Waals surface area contributed by atoms with Crippen LogP contribution in [0.25, 0.3) is 21.8 Å². The molecule has 6 aliphatic heterocycles. The summed E-state index contributed by atoms with van der Waals surface area (Å²) in [5.41, 5.74) is 5.71. The molecule has 3 aromatic heterocycles. The molecule has 4 amide bonds. The van der Waals surface area contributed by atoms with Gasteiger partial charge in [0.1, 0.15) is 23.8 Å². The molecule has 6 aromatic rings. The first-order valence-electron chi connectivity index (χ1n) is 24.8. The van der Waals surface area contributed by atoms with Crippen LogP contribution in [0.3, 0.4) is 0 Å². The van der Waals surface area contributed by atoms with Gasteiger partial charge in [-0.1, -0.05) is 12.1 Å². The molecule has 22 heteroatoms. The summed E-state index contributed by atoms with van der Waals surface area (Å²) in [6.45, 7) is 5.15. The van der Waals surface area contributed by atoms with Gasteiger partial charge in [-0.25, -0.2) is 19.4 Å². The molecule has 75 heavy (non-hydrogen) atoms.